The molecule has 2 N–H and O–H groups in total. The zero-order chi connectivity index (χ0) is 23.7. The Labute approximate surface area is 183 Å². The highest BCUT2D eigenvalue weighted by atomic mass is 16.5. The van der Waals surface area contributed by atoms with Crippen molar-refractivity contribution in [3.05, 3.63) is 58.7 Å². The minimum atomic E-state index is -0.722. The van der Waals surface area contributed by atoms with E-state index in [4.69, 9.17) is 9.47 Å². The van der Waals surface area contributed by atoms with Gasteiger partial charge in [0.25, 0.3) is 0 Å². The minimum Gasteiger partial charge on any atom is -0.508 e. The molecule has 0 amide bonds. The summed E-state index contributed by atoms with van der Waals surface area (Å²) in [5.74, 6) is -3.00. The summed E-state index contributed by atoms with van der Waals surface area (Å²) in [6, 6.07) is 7.94. The third-order valence-corrected chi connectivity index (χ3v) is 4.31. The molecule has 32 heavy (non-hydrogen) atoms. The van der Waals surface area contributed by atoms with Crippen molar-refractivity contribution in [2.75, 3.05) is 14.2 Å². The topological polar surface area (TPSA) is 146 Å². The van der Waals surface area contributed by atoms with Crippen LogP contribution in [0.1, 0.15) is 44.7 Å². The summed E-state index contributed by atoms with van der Waals surface area (Å²) >= 11 is 0. The van der Waals surface area contributed by atoms with Gasteiger partial charge in [-0.3, -0.25) is 9.59 Å². The van der Waals surface area contributed by atoms with Gasteiger partial charge in [-0.1, -0.05) is 0 Å². The van der Waals surface area contributed by atoms with Crippen molar-refractivity contribution in [3.8, 4) is 11.5 Å². The molecule has 2 aromatic carbocycles. The van der Waals surface area contributed by atoms with Crippen molar-refractivity contribution in [2.24, 2.45) is 0 Å². The highest BCUT2D eigenvalue weighted by Crippen LogP contribution is 2.21. The fraction of sp³-hybridized carbons (Fsp3) is 0.273. The number of methoxy groups -OCH3 is 2. The van der Waals surface area contributed by atoms with Crippen molar-refractivity contribution in [1.82, 2.24) is 0 Å². The van der Waals surface area contributed by atoms with Crippen molar-refractivity contribution in [1.29, 1.82) is 0 Å². The molecule has 0 bridgehead atoms. The zero-order valence-electron chi connectivity index (χ0n) is 17.5. The number of ether oxygens (including phenoxy) is 4. The number of phenolic OH excluding ortho intramolecular Hbond substituents is 2. The van der Waals surface area contributed by atoms with Gasteiger partial charge in [-0.05, 0) is 36.4 Å². The number of phenols is 2. The van der Waals surface area contributed by atoms with Crippen LogP contribution in [0.2, 0.25) is 0 Å². The molecule has 0 spiro atoms. The Morgan fingerprint density at radius 1 is 0.688 bits per heavy atom. The first-order valence-electron chi connectivity index (χ1n) is 9.36. The normalized spacial score (nSPS) is 10.2. The lowest BCUT2D eigenvalue weighted by molar-refractivity contribution is -0.151. The Hall–Kier alpha value is -4.08. The predicted octanol–water partition coefficient (Wildman–Crippen LogP) is 2.24. The molecule has 0 radical (unpaired) electrons. The van der Waals surface area contributed by atoms with Crippen LogP contribution >= 0.6 is 0 Å². The van der Waals surface area contributed by atoms with Gasteiger partial charge in [0.1, 0.15) is 24.7 Å². The van der Waals surface area contributed by atoms with Crippen LogP contribution < -0.4 is 0 Å². The molecule has 0 saturated heterocycles. The SMILES string of the molecule is COC(=O)c1ccc(O)c(COC(=O)CCC(=O)OCc2cc(C(=O)OC)ccc2O)c1. The molecule has 0 aliphatic heterocycles. The molecule has 0 aromatic heterocycles. The average Bonchev–Trinajstić information content (AvgIpc) is 2.80. The lowest BCUT2D eigenvalue weighted by Crippen LogP contribution is -2.11. The van der Waals surface area contributed by atoms with E-state index in [2.05, 4.69) is 9.47 Å². The summed E-state index contributed by atoms with van der Waals surface area (Å²) in [5, 5.41) is 19.6. The number of rotatable bonds is 9. The fourth-order valence-corrected chi connectivity index (χ4v) is 2.56. The Kier molecular flexibility index (Phi) is 8.58. The summed E-state index contributed by atoms with van der Waals surface area (Å²) in [6.45, 7) is -0.614. The second-order valence-corrected chi connectivity index (χ2v) is 6.49. The van der Waals surface area contributed by atoms with E-state index in [1.165, 1.54) is 50.6 Å². The maximum Gasteiger partial charge on any atom is 0.337 e. The molecule has 2 rings (SSSR count). The number of hydrogen-bond donors (Lipinski definition) is 2. The van der Waals surface area contributed by atoms with E-state index in [0.29, 0.717) is 0 Å². The van der Waals surface area contributed by atoms with Gasteiger partial charge in [0, 0.05) is 11.1 Å². The first-order chi connectivity index (χ1) is 15.2. The molecule has 0 aliphatic carbocycles. The third-order valence-electron chi connectivity index (χ3n) is 4.31. The Morgan fingerprint density at radius 2 is 1.06 bits per heavy atom. The molecule has 0 saturated carbocycles. The van der Waals surface area contributed by atoms with Crippen LogP contribution in [-0.4, -0.2) is 48.3 Å². The molecule has 10 heteroatoms. The van der Waals surface area contributed by atoms with Gasteiger partial charge in [0.2, 0.25) is 0 Å². The van der Waals surface area contributed by atoms with E-state index in [1.807, 2.05) is 0 Å². The number of aromatic hydroxyl groups is 2. The molecular weight excluding hydrogens is 424 g/mol. The van der Waals surface area contributed by atoms with Gasteiger partial charge in [-0.25, -0.2) is 9.59 Å². The molecule has 0 fully saturated rings. The number of benzene rings is 2. The standard InChI is InChI=1S/C22H22O10/c1-29-21(27)13-3-5-17(23)15(9-13)11-31-19(25)7-8-20(26)32-12-16-10-14(22(28)30-2)4-6-18(16)24/h3-6,9-10,23-24H,7-8,11-12H2,1-2H3. The van der Waals surface area contributed by atoms with Crippen molar-refractivity contribution in [2.45, 2.75) is 26.1 Å². The van der Waals surface area contributed by atoms with Crippen LogP contribution in [0.25, 0.3) is 0 Å². The average molecular weight is 446 g/mol. The van der Waals surface area contributed by atoms with Crippen LogP contribution in [0, 0.1) is 0 Å². The third kappa shape index (κ3) is 6.73. The maximum absolute atomic E-state index is 11.9. The van der Waals surface area contributed by atoms with Crippen LogP contribution in [0.15, 0.2) is 36.4 Å². The molecule has 170 valence electrons. The number of carbonyl (C=O) groups excluding carboxylic acids is 4. The van der Waals surface area contributed by atoms with Crippen molar-refractivity contribution in [3.63, 3.8) is 0 Å². The molecule has 0 atom stereocenters. The van der Waals surface area contributed by atoms with Gasteiger partial charge in [-0.2, -0.15) is 0 Å². The van der Waals surface area contributed by atoms with E-state index < -0.39 is 23.9 Å². The van der Waals surface area contributed by atoms with Crippen LogP contribution in [0.3, 0.4) is 0 Å². The van der Waals surface area contributed by atoms with E-state index >= 15 is 0 Å². The summed E-state index contributed by atoms with van der Waals surface area (Å²) in [5.41, 5.74) is 0.758. The zero-order valence-corrected chi connectivity index (χ0v) is 17.5. The Balaban J connectivity index is 1.82. The molecule has 10 nitrogen and oxygen atoms in total. The van der Waals surface area contributed by atoms with E-state index in [1.54, 1.807) is 0 Å². The molecule has 0 aliphatic rings. The summed E-state index contributed by atoms with van der Waals surface area (Å²) in [7, 11) is 2.43. The van der Waals surface area contributed by atoms with Crippen LogP contribution in [0.5, 0.6) is 11.5 Å². The van der Waals surface area contributed by atoms with Gasteiger partial charge in [-0.15, -0.1) is 0 Å². The molecular formula is C22H22O10. The lowest BCUT2D eigenvalue weighted by atomic mass is 10.1. The quantitative estimate of drug-likeness (QED) is 0.434. The highest BCUT2D eigenvalue weighted by Gasteiger charge is 2.15. The molecule has 0 unspecified atom stereocenters. The van der Waals surface area contributed by atoms with E-state index in [0.717, 1.165) is 0 Å². The molecule has 0 heterocycles. The largest absolute Gasteiger partial charge is 0.508 e. The molecule has 2 aromatic rings. The fourth-order valence-electron chi connectivity index (χ4n) is 2.56. The van der Waals surface area contributed by atoms with Gasteiger partial charge >= 0.3 is 23.9 Å². The van der Waals surface area contributed by atoms with Crippen molar-refractivity contribution >= 4 is 23.9 Å². The second-order valence-electron chi connectivity index (χ2n) is 6.49. The van der Waals surface area contributed by atoms with Gasteiger partial charge in [0.15, 0.2) is 0 Å². The first kappa shape index (κ1) is 24.2. The lowest BCUT2D eigenvalue weighted by Gasteiger charge is -2.09. The van der Waals surface area contributed by atoms with Crippen LogP contribution in [0.4, 0.5) is 0 Å². The monoisotopic (exact) mass is 446 g/mol. The maximum atomic E-state index is 11.9. The van der Waals surface area contributed by atoms with Gasteiger partial charge in [0.05, 0.1) is 38.2 Å². The summed E-state index contributed by atoms with van der Waals surface area (Å²) in [4.78, 5) is 46.9. The van der Waals surface area contributed by atoms with E-state index in [9.17, 15) is 29.4 Å². The second kappa shape index (κ2) is 11.3. The predicted molar refractivity (Wildman–Crippen MR) is 108 cm³/mol. The highest BCUT2D eigenvalue weighted by molar-refractivity contribution is 5.90. The smallest absolute Gasteiger partial charge is 0.337 e. The Morgan fingerprint density at radius 3 is 1.41 bits per heavy atom. The Bertz CT molecular complexity index is 930. The summed E-state index contributed by atoms with van der Waals surface area (Å²) in [6.07, 6.45) is -0.574. The number of carbonyl (C=O) groups is 4. The van der Waals surface area contributed by atoms with Crippen LogP contribution in [-0.2, 0) is 41.8 Å². The minimum absolute atomic E-state index is 0.168. The van der Waals surface area contributed by atoms with Crippen molar-refractivity contribution < 1.29 is 48.3 Å². The first-order valence-corrected chi connectivity index (χ1v) is 9.36. The van der Waals surface area contributed by atoms with Gasteiger partial charge < -0.3 is 29.2 Å². The number of hydrogen-bond acceptors (Lipinski definition) is 10. The number of esters is 4. The van der Waals surface area contributed by atoms with E-state index in [-0.39, 0.29) is 59.8 Å². The summed E-state index contributed by atoms with van der Waals surface area (Å²) < 4.78 is 19.2.